The molecule has 32 heavy (non-hydrogen) atoms. The topological polar surface area (TPSA) is 121 Å². The van der Waals surface area contributed by atoms with Crippen LogP contribution >= 0.6 is 11.3 Å². The number of anilines is 1. The molecule has 162 valence electrons. The number of aromatic nitrogens is 5. The molecule has 0 bridgehead atoms. The standard InChI is InChI=1S/C21H18N6O4S/c1-30-16-9-7-14(8-10-16)17-13-32-21(22-17)23-18(28)12-31-19(29)11-27-25-20(24-26-27)15-5-3-2-4-6-15/h2-10,13H,11-12H2,1H3,(H,22,23,28). The molecule has 11 heteroatoms. The number of hydrogen-bond acceptors (Lipinski definition) is 9. The molecule has 1 N–H and O–H groups in total. The van der Waals surface area contributed by atoms with Crippen molar-refractivity contribution in [2.24, 2.45) is 0 Å². The predicted molar refractivity (Wildman–Crippen MR) is 117 cm³/mol. The summed E-state index contributed by atoms with van der Waals surface area (Å²) in [4.78, 5) is 29.6. The summed E-state index contributed by atoms with van der Waals surface area (Å²) in [6, 6.07) is 16.7. The highest BCUT2D eigenvalue weighted by molar-refractivity contribution is 7.14. The Bertz CT molecular complexity index is 1210. The van der Waals surface area contributed by atoms with Gasteiger partial charge in [-0.1, -0.05) is 30.3 Å². The van der Waals surface area contributed by atoms with Crippen LogP contribution in [0.15, 0.2) is 60.0 Å². The molecule has 4 aromatic rings. The Hall–Kier alpha value is -4.12. The minimum absolute atomic E-state index is 0.258. The Kier molecular flexibility index (Phi) is 6.46. The van der Waals surface area contributed by atoms with E-state index in [4.69, 9.17) is 9.47 Å². The number of benzene rings is 2. The van der Waals surface area contributed by atoms with Gasteiger partial charge in [0.1, 0.15) is 5.75 Å². The fraction of sp³-hybridized carbons (Fsp3) is 0.143. The minimum atomic E-state index is -0.657. The third-order valence-corrected chi connectivity index (χ3v) is 5.01. The summed E-state index contributed by atoms with van der Waals surface area (Å²) in [6.07, 6.45) is 0. The molecule has 0 radical (unpaired) electrons. The van der Waals surface area contributed by atoms with Gasteiger partial charge in [-0.25, -0.2) is 9.78 Å². The van der Waals surface area contributed by atoms with Crippen LogP contribution in [0.3, 0.4) is 0 Å². The van der Waals surface area contributed by atoms with E-state index in [1.807, 2.05) is 60.0 Å². The smallest absolute Gasteiger partial charge is 0.330 e. The van der Waals surface area contributed by atoms with Crippen LogP contribution in [0.25, 0.3) is 22.6 Å². The van der Waals surface area contributed by atoms with Gasteiger partial charge in [-0.3, -0.25) is 10.1 Å². The summed E-state index contributed by atoms with van der Waals surface area (Å²) in [7, 11) is 1.60. The molecule has 1 amide bonds. The predicted octanol–water partition coefficient (Wildman–Crippen LogP) is 2.65. The lowest BCUT2D eigenvalue weighted by Crippen LogP contribution is -2.23. The van der Waals surface area contributed by atoms with E-state index in [1.165, 1.54) is 11.3 Å². The molecule has 0 aliphatic rings. The van der Waals surface area contributed by atoms with E-state index in [1.54, 1.807) is 7.11 Å². The highest BCUT2D eigenvalue weighted by Crippen LogP contribution is 2.26. The Morgan fingerprint density at radius 3 is 2.59 bits per heavy atom. The number of methoxy groups -OCH3 is 1. The maximum absolute atomic E-state index is 12.1. The van der Waals surface area contributed by atoms with Crippen LogP contribution in [0, 0.1) is 0 Å². The third-order valence-electron chi connectivity index (χ3n) is 4.26. The zero-order valence-electron chi connectivity index (χ0n) is 17.0. The van der Waals surface area contributed by atoms with Gasteiger partial charge in [0.05, 0.1) is 12.8 Å². The summed E-state index contributed by atoms with van der Waals surface area (Å²) >= 11 is 1.27. The Labute approximate surface area is 186 Å². The fourth-order valence-electron chi connectivity index (χ4n) is 2.70. The highest BCUT2D eigenvalue weighted by atomic mass is 32.1. The molecule has 4 rings (SSSR count). The zero-order valence-corrected chi connectivity index (χ0v) is 17.8. The normalized spacial score (nSPS) is 10.5. The van der Waals surface area contributed by atoms with E-state index in [2.05, 4.69) is 25.7 Å². The zero-order chi connectivity index (χ0) is 22.3. The molecule has 0 unspecified atom stereocenters. The lowest BCUT2D eigenvalue weighted by Gasteiger charge is -2.04. The van der Waals surface area contributed by atoms with Crippen molar-refractivity contribution in [2.75, 3.05) is 19.0 Å². The van der Waals surface area contributed by atoms with Crippen LogP contribution in [-0.2, 0) is 20.9 Å². The average Bonchev–Trinajstić information content (AvgIpc) is 3.48. The average molecular weight is 450 g/mol. The molecule has 0 aliphatic carbocycles. The number of rotatable bonds is 8. The maximum atomic E-state index is 12.1. The molecule has 2 heterocycles. The van der Waals surface area contributed by atoms with E-state index in [0.717, 1.165) is 27.4 Å². The second-order valence-electron chi connectivity index (χ2n) is 6.48. The van der Waals surface area contributed by atoms with E-state index in [0.29, 0.717) is 11.0 Å². The van der Waals surface area contributed by atoms with Gasteiger partial charge in [0.25, 0.3) is 5.91 Å². The molecule has 2 aromatic carbocycles. The van der Waals surface area contributed by atoms with Crippen LogP contribution in [0.4, 0.5) is 5.13 Å². The number of carbonyl (C=O) groups excluding carboxylic acids is 2. The minimum Gasteiger partial charge on any atom is -0.497 e. The maximum Gasteiger partial charge on any atom is 0.330 e. The van der Waals surface area contributed by atoms with Crippen molar-refractivity contribution in [2.45, 2.75) is 6.54 Å². The number of hydrogen-bond donors (Lipinski definition) is 1. The lowest BCUT2D eigenvalue weighted by molar-refractivity contribution is -0.148. The van der Waals surface area contributed by atoms with Crippen LogP contribution in [0.5, 0.6) is 5.75 Å². The first-order valence-electron chi connectivity index (χ1n) is 9.49. The molecule has 0 aliphatic heterocycles. The molecule has 0 atom stereocenters. The monoisotopic (exact) mass is 450 g/mol. The SMILES string of the molecule is COc1ccc(-c2csc(NC(=O)COC(=O)Cn3nnc(-c4ccccc4)n3)n2)cc1. The number of amides is 1. The van der Waals surface area contributed by atoms with Gasteiger partial charge < -0.3 is 9.47 Å². The first kappa shape index (κ1) is 21.1. The molecule has 0 saturated heterocycles. The Morgan fingerprint density at radius 1 is 1.06 bits per heavy atom. The van der Waals surface area contributed by atoms with Crippen LogP contribution in [0.1, 0.15) is 0 Å². The quantitative estimate of drug-likeness (QED) is 0.407. The van der Waals surface area contributed by atoms with Crippen molar-refractivity contribution in [3.63, 3.8) is 0 Å². The number of thiazole rings is 1. The summed E-state index contributed by atoms with van der Waals surface area (Å²) in [5.41, 5.74) is 2.39. The molecule has 2 aromatic heterocycles. The summed E-state index contributed by atoms with van der Waals surface area (Å²) in [5.74, 6) is -0.00925. The van der Waals surface area contributed by atoms with Gasteiger partial charge in [0.15, 0.2) is 18.3 Å². The number of carbonyl (C=O) groups is 2. The number of esters is 1. The molecular weight excluding hydrogens is 432 g/mol. The fourth-order valence-corrected chi connectivity index (χ4v) is 3.44. The van der Waals surface area contributed by atoms with Crippen molar-refractivity contribution in [3.05, 3.63) is 60.0 Å². The van der Waals surface area contributed by atoms with Crippen LogP contribution in [-0.4, -0.2) is 50.8 Å². The van der Waals surface area contributed by atoms with Gasteiger partial charge in [-0.05, 0) is 29.5 Å². The molecular formula is C21H18N6O4S. The second-order valence-corrected chi connectivity index (χ2v) is 7.34. The van der Waals surface area contributed by atoms with Crippen molar-refractivity contribution >= 4 is 28.3 Å². The van der Waals surface area contributed by atoms with Crippen molar-refractivity contribution in [1.29, 1.82) is 0 Å². The van der Waals surface area contributed by atoms with E-state index < -0.39 is 18.5 Å². The summed E-state index contributed by atoms with van der Waals surface area (Å²) in [6.45, 7) is -0.706. The van der Waals surface area contributed by atoms with E-state index >= 15 is 0 Å². The van der Waals surface area contributed by atoms with Gasteiger partial charge in [0, 0.05) is 16.5 Å². The second kappa shape index (κ2) is 9.79. The van der Waals surface area contributed by atoms with Gasteiger partial charge in [0.2, 0.25) is 5.82 Å². The largest absolute Gasteiger partial charge is 0.497 e. The molecule has 10 nitrogen and oxygen atoms in total. The summed E-state index contributed by atoms with van der Waals surface area (Å²) < 4.78 is 10.1. The van der Waals surface area contributed by atoms with Crippen LogP contribution < -0.4 is 10.1 Å². The highest BCUT2D eigenvalue weighted by Gasteiger charge is 2.13. The Balaban J connectivity index is 1.26. The van der Waals surface area contributed by atoms with Crippen molar-refractivity contribution in [3.8, 4) is 28.4 Å². The number of ether oxygens (including phenoxy) is 2. The van der Waals surface area contributed by atoms with E-state index in [-0.39, 0.29) is 6.54 Å². The first-order chi connectivity index (χ1) is 15.6. The van der Waals surface area contributed by atoms with Crippen molar-refractivity contribution in [1.82, 2.24) is 25.2 Å². The van der Waals surface area contributed by atoms with Crippen LogP contribution in [0.2, 0.25) is 0 Å². The summed E-state index contributed by atoms with van der Waals surface area (Å²) in [5, 5.41) is 16.7. The lowest BCUT2D eigenvalue weighted by atomic mass is 10.2. The molecule has 0 saturated carbocycles. The molecule has 0 fully saturated rings. The van der Waals surface area contributed by atoms with Gasteiger partial charge in [-0.15, -0.1) is 21.5 Å². The number of tetrazole rings is 1. The van der Waals surface area contributed by atoms with E-state index in [9.17, 15) is 9.59 Å². The number of nitrogens with zero attached hydrogens (tertiary/aromatic N) is 5. The molecule has 0 spiro atoms. The Morgan fingerprint density at radius 2 is 1.84 bits per heavy atom. The first-order valence-corrected chi connectivity index (χ1v) is 10.4. The van der Waals surface area contributed by atoms with Gasteiger partial charge in [-0.2, -0.15) is 4.80 Å². The van der Waals surface area contributed by atoms with Gasteiger partial charge >= 0.3 is 5.97 Å². The number of nitrogens with one attached hydrogen (secondary N) is 1. The van der Waals surface area contributed by atoms with Crippen molar-refractivity contribution < 1.29 is 19.1 Å². The third kappa shape index (κ3) is 5.32.